The van der Waals surface area contributed by atoms with Crippen molar-refractivity contribution in [3.05, 3.63) is 108 Å². The number of fused-ring (bicyclic) bond motifs is 1. The van der Waals surface area contributed by atoms with Gasteiger partial charge in [0.25, 0.3) is 5.91 Å². The molecule has 4 rings (SSSR count). The van der Waals surface area contributed by atoms with E-state index in [1.165, 1.54) is 18.2 Å². The van der Waals surface area contributed by atoms with Gasteiger partial charge in [-0.25, -0.2) is 0 Å². The Balaban J connectivity index is 1.62. The summed E-state index contributed by atoms with van der Waals surface area (Å²) in [4.78, 5) is 12.6. The highest BCUT2D eigenvalue weighted by atomic mass is 32.2. The Morgan fingerprint density at radius 1 is 0.912 bits per heavy atom. The summed E-state index contributed by atoms with van der Waals surface area (Å²) in [6.07, 6.45) is 1.30. The van der Waals surface area contributed by atoms with E-state index in [1.807, 2.05) is 49.4 Å². The van der Waals surface area contributed by atoms with Gasteiger partial charge >= 0.3 is 10.1 Å². The molecule has 0 bridgehead atoms. The minimum absolute atomic E-state index is 0.00241. The number of nitrogens with zero attached hydrogens (tertiary/aromatic N) is 1. The zero-order chi connectivity index (χ0) is 24.1. The maximum atomic E-state index is 13.0. The number of benzene rings is 4. The van der Waals surface area contributed by atoms with Gasteiger partial charge in [-0.05, 0) is 54.1 Å². The van der Waals surface area contributed by atoms with Crippen LogP contribution in [0.1, 0.15) is 11.1 Å². The first-order valence-corrected chi connectivity index (χ1v) is 11.8. The van der Waals surface area contributed by atoms with Crippen molar-refractivity contribution in [3.63, 3.8) is 0 Å². The number of amides is 1. The average Bonchev–Trinajstić information content (AvgIpc) is 2.84. The molecule has 0 unspecified atom stereocenters. The molecule has 0 atom stereocenters. The zero-order valence-electron chi connectivity index (χ0n) is 18.2. The minimum Gasteiger partial charge on any atom is -0.378 e. The van der Waals surface area contributed by atoms with E-state index >= 15 is 0 Å². The molecule has 6 nitrogen and oxygen atoms in total. The van der Waals surface area contributed by atoms with Crippen LogP contribution in [0.25, 0.3) is 16.8 Å². The standard InChI is InChI=1S/C27H20N2O4S/c1-19-10-13-24(14-11-19)29-27(30)23(18-28)16-22-8-4-5-9-26(22)33-34(31,32)25-15-12-20-6-2-3-7-21(20)17-25/h2-17H,1H3,(H,29,30)/b23-16-. The monoisotopic (exact) mass is 468 g/mol. The van der Waals surface area contributed by atoms with Crippen molar-refractivity contribution in [1.29, 1.82) is 5.26 Å². The normalized spacial score (nSPS) is 11.6. The fourth-order valence-electron chi connectivity index (χ4n) is 3.30. The van der Waals surface area contributed by atoms with Gasteiger partial charge in [0.15, 0.2) is 0 Å². The first kappa shape index (κ1) is 22.8. The lowest BCUT2D eigenvalue weighted by atomic mass is 10.1. The molecule has 0 aliphatic carbocycles. The van der Waals surface area contributed by atoms with Crippen LogP contribution in [0.2, 0.25) is 0 Å². The van der Waals surface area contributed by atoms with Crippen LogP contribution in [0.15, 0.2) is 101 Å². The van der Waals surface area contributed by atoms with Crippen LogP contribution < -0.4 is 9.50 Å². The highest BCUT2D eigenvalue weighted by molar-refractivity contribution is 7.87. The third kappa shape index (κ3) is 5.14. The minimum atomic E-state index is -4.16. The Morgan fingerprint density at radius 2 is 1.59 bits per heavy atom. The van der Waals surface area contributed by atoms with Gasteiger partial charge < -0.3 is 9.50 Å². The maximum Gasteiger partial charge on any atom is 0.339 e. The molecule has 0 fully saturated rings. The van der Waals surface area contributed by atoms with Crippen LogP contribution in [0.4, 0.5) is 5.69 Å². The van der Waals surface area contributed by atoms with Gasteiger partial charge in [0.05, 0.1) is 0 Å². The molecular formula is C27H20N2O4S. The van der Waals surface area contributed by atoms with Gasteiger partial charge in [-0.1, -0.05) is 66.2 Å². The van der Waals surface area contributed by atoms with Crippen LogP contribution in [-0.4, -0.2) is 14.3 Å². The second-order valence-electron chi connectivity index (χ2n) is 7.57. The number of carbonyl (C=O) groups is 1. The molecule has 0 saturated heterocycles. The smallest absolute Gasteiger partial charge is 0.339 e. The second-order valence-corrected chi connectivity index (χ2v) is 9.12. The second kappa shape index (κ2) is 9.61. The molecule has 4 aromatic carbocycles. The summed E-state index contributed by atoms with van der Waals surface area (Å²) in [7, 11) is -4.16. The summed E-state index contributed by atoms with van der Waals surface area (Å²) >= 11 is 0. The van der Waals surface area contributed by atoms with Crippen LogP contribution >= 0.6 is 0 Å². The van der Waals surface area contributed by atoms with Crippen molar-refractivity contribution in [2.24, 2.45) is 0 Å². The van der Waals surface area contributed by atoms with Crippen molar-refractivity contribution in [2.75, 3.05) is 5.32 Å². The Morgan fingerprint density at radius 3 is 2.32 bits per heavy atom. The quantitative estimate of drug-likeness (QED) is 0.230. The van der Waals surface area contributed by atoms with Crippen molar-refractivity contribution in [3.8, 4) is 11.8 Å². The summed E-state index contributed by atoms with van der Waals surface area (Å²) in [5, 5.41) is 13.9. The zero-order valence-corrected chi connectivity index (χ0v) is 19.0. The molecule has 4 aromatic rings. The summed E-state index contributed by atoms with van der Waals surface area (Å²) in [6, 6.07) is 27.5. The van der Waals surface area contributed by atoms with Gasteiger partial charge in [0, 0.05) is 11.3 Å². The fraction of sp³-hybridized carbons (Fsp3) is 0.0370. The van der Waals surface area contributed by atoms with E-state index in [4.69, 9.17) is 4.18 Å². The first-order valence-electron chi connectivity index (χ1n) is 10.4. The van der Waals surface area contributed by atoms with Crippen LogP contribution in [0, 0.1) is 18.3 Å². The lowest BCUT2D eigenvalue weighted by Gasteiger charge is -2.11. The molecule has 0 aliphatic heterocycles. The average molecular weight is 469 g/mol. The summed E-state index contributed by atoms with van der Waals surface area (Å²) in [6.45, 7) is 1.93. The van der Waals surface area contributed by atoms with E-state index in [9.17, 15) is 18.5 Å². The van der Waals surface area contributed by atoms with E-state index in [0.29, 0.717) is 5.69 Å². The largest absolute Gasteiger partial charge is 0.378 e. The van der Waals surface area contributed by atoms with Gasteiger partial charge in [-0.3, -0.25) is 4.79 Å². The third-order valence-electron chi connectivity index (χ3n) is 5.10. The van der Waals surface area contributed by atoms with Crippen LogP contribution in [0.5, 0.6) is 5.75 Å². The highest BCUT2D eigenvalue weighted by Crippen LogP contribution is 2.27. The third-order valence-corrected chi connectivity index (χ3v) is 6.33. The number of carbonyl (C=O) groups excluding carboxylic acids is 1. The molecule has 0 radical (unpaired) electrons. The van der Waals surface area contributed by atoms with Gasteiger partial charge in [0.1, 0.15) is 22.3 Å². The highest BCUT2D eigenvalue weighted by Gasteiger charge is 2.19. The molecule has 34 heavy (non-hydrogen) atoms. The number of hydrogen-bond acceptors (Lipinski definition) is 5. The van der Waals surface area contributed by atoms with Crippen molar-refractivity contribution in [2.45, 2.75) is 11.8 Å². The lowest BCUT2D eigenvalue weighted by Crippen LogP contribution is -2.14. The fourth-order valence-corrected chi connectivity index (χ4v) is 4.29. The SMILES string of the molecule is Cc1ccc(NC(=O)/C(C#N)=C\c2ccccc2OS(=O)(=O)c2ccc3ccccc3c2)cc1. The first-order chi connectivity index (χ1) is 16.4. The maximum absolute atomic E-state index is 13.0. The van der Waals surface area contributed by atoms with E-state index < -0.39 is 16.0 Å². The molecule has 0 aliphatic rings. The predicted molar refractivity (Wildman–Crippen MR) is 132 cm³/mol. The summed E-state index contributed by atoms with van der Waals surface area (Å²) in [5.74, 6) is -0.606. The summed E-state index contributed by atoms with van der Waals surface area (Å²) in [5.41, 5.74) is 1.66. The number of aryl methyl sites for hydroxylation is 1. The number of rotatable bonds is 6. The lowest BCUT2D eigenvalue weighted by molar-refractivity contribution is -0.112. The number of anilines is 1. The van der Waals surface area contributed by atoms with Crippen molar-refractivity contribution < 1.29 is 17.4 Å². The molecule has 1 amide bonds. The number of hydrogen-bond donors (Lipinski definition) is 1. The summed E-state index contributed by atoms with van der Waals surface area (Å²) < 4.78 is 31.3. The van der Waals surface area contributed by atoms with E-state index in [-0.39, 0.29) is 21.8 Å². The Labute approximate surface area is 197 Å². The van der Waals surface area contributed by atoms with Crippen molar-refractivity contribution >= 4 is 38.6 Å². The molecule has 1 N–H and O–H groups in total. The van der Waals surface area contributed by atoms with Crippen LogP contribution in [0.3, 0.4) is 0 Å². The van der Waals surface area contributed by atoms with Gasteiger partial charge in [0.2, 0.25) is 0 Å². The number of nitriles is 1. The molecule has 0 saturated carbocycles. The molecular weight excluding hydrogens is 448 g/mol. The van der Waals surface area contributed by atoms with Gasteiger partial charge in [-0.2, -0.15) is 13.7 Å². The molecule has 0 aromatic heterocycles. The number of nitrogens with one attached hydrogen (secondary N) is 1. The predicted octanol–water partition coefficient (Wildman–Crippen LogP) is 5.46. The Kier molecular flexibility index (Phi) is 6.44. The molecule has 0 heterocycles. The van der Waals surface area contributed by atoms with Crippen molar-refractivity contribution in [1.82, 2.24) is 0 Å². The molecule has 7 heteroatoms. The Bertz CT molecular complexity index is 1550. The number of para-hydroxylation sites is 1. The van der Waals surface area contributed by atoms with E-state index in [2.05, 4.69) is 5.32 Å². The van der Waals surface area contributed by atoms with E-state index in [1.54, 1.807) is 42.5 Å². The van der Waals surface area contributed by atoms with Crippen LogP contribution in [-0.2, 0) is 14.9 Å². The van der Waals surface area contributed by atoms with E-state index in [0.717, 1.165) is 16.3 Å². The van der Waals surface area contributed by atoms with Gasteiger partial charge in [-0.15, -0.1) is 0 Å². The molecule has 168 valence electrons. The Hall–Kier alpha value is -4.41. The topological polar surface area (TPSA) is 96.3 Å². The molecule has 0 spiro atoms.